The van der Waals surface area contributed by atoms with Gasteiger partial charge in [-0.15, -0.1) is 6.58 Å². The van der Waals surface area contributed by atoms with Gasteiger partial charge in [0.2, 0.25) is 0 Å². The molecule has 1 saturated heterocycles. The van der Waals surface area contributed by atoms with Gasteiger partial charge in [-0.25, -0.2) is 4.98 Å². The van der Waals surface area contributed by atoms with E-state index in [1.54, 1.807) is 30.5 Å². The number of carbonyl (C=O) groups is 1. The average molecular weight is 449 g/mol. The predicted octanol–water partition coefficient (Wildman–Crippen LogP) is 3.74. The first-order valence-electron chi connectivity index (χ1n) is 9.74. The van der Waals surface area contributed by atoms with Gasteiger partial charge in [-0.2, -0.15) is 0 Å². The Kier molecular flexibility index (Phi) is 6.29. The number of hydrogen-bond donors (Lipinski definition) is 1. The van der Waals surface area contributed by atoms with Crippen LogP contribution in [0.3, 0.4) is 0 Å². The second-order valence-corrected chi connectivity index (χ2v) is 8.53. The Bertz CT molecular complexity index is 1250. The molecule has 0 atom stereocenters. The van der Waals surface area contributed by atoms with Crippen LogP contribution in [0.5, 0.6) is 0 Å². The Hall–Kier alpha value is -3.23. The minimum Gasteiger partial charge on any atom is -0.369 e. The molecule has 8 heteroatoms. The minimum atomic E-state index is -0.248. The molecule has 3 heterocycles. The van der Waals surface area contributed by atoms with Gasteiger partial charge < -0.3 is 5.32 Å². The maximum Gasteiger partial charge on any atom is 0.267 e. The van der Waals surface area contributed by atoms with Crippen LogP contribution in [0.1, 0.15) is 11.1 Å². The third-order valence-electron chi connectivity index (χ3n) is 4.78. The third kappa shape index (κ3) is 4.45. The standard InChI is InChI=1S/C23H20N4O2S2/c1-2-13-27-22(29)18(31-23(27)30)15-17-20(24-12-11-16-8-4-3-5-9-16)25-19-10-6-7-14-26(19)21(17)28/h2-10,14-15,24H,1,11-13H2. The number of anilines is 1. The maximum absolute atomic E-state index is 13.2. The molecule has 0 unspecified atom stereocenters. The van der Waals surface area contributed by atoms with Crippen LogP contribution in [0.25, 0.3) is 11.7 Å². The van der Waals surface area contributed by atoms with E-state index in [4.69, 9.17) is 12.2 Å². The van der Waals surface area contributed by atoms with Gasteiger partial charge in [0.15, 0.2) is 0 Å². The summed E-state index contributed by atoms with van der Waals surface area (Å²) < 4.78 is 1.92. The zero-order valence-electron chi connectivity index (χ0n) is 16.7. The molecule has 0 spiro atoms. The van der Waals surface area contributed by atoms with Crippen molar-refractivity contribution in [3.63, 3.8) is 0 Å². The van der Waals surface area contributed by atoms with Crippen LogP contribution in [0.2, 0.25) is 0 Å². The Morgan fingerprint density at radius 1 is 1.13 bits per heavy atom. The van der Waals surface area contributed by atoms with Crippen molar-refractivity contribution in [3.8, 4) is 0 Å². The van der Waals surface area contributed by atoms with Crippen LogP contribution in [-0.2, 0) is 11.2 Å². The number of fused-ring (bicyclic) bond motifs is 1. The number of benzene rings is 1. The molecule has 1 aliphatic heterocycles. The Morgan fingerprint density at radius 2 is 1.90 bits per heavy atom. The molecular weight excluding hydrogens is 428 g/mol. The highest BCUT2D eigenvalue weighted by atomic mass is 32.2. The van der Waals surface area contributed by atoms with Crippen LogP contribution in [0.15, 0.2) is 77.1 Å². The molecule has 0 radical (unpaired) electrons. The smallest absolute Gasteiger partial charge is 0.267 e. The highest BCUT2D eigenvalue weighted by molar-refractivity contribution is 8.26. The lowest BCUT2D eigenvalue weighted by Crippen LogP contribution is -2.28. The van der Waals surface area contributed by atoms with Gasteiger partial charge in [-0.3, -0.25) is 18.9 Å². The summed E-state index contributed by atoms with van der Waals surface area (Å²) in [5, 5.41) is 3.28. The molecular formula is C23H20N4O2S2. The van der Waals surface area contributed by atoms with Crippen LogP contribution < -0.4 is 10.9 Å². The van der Waals surface area contributed by atoms with E-state index in [0.29, 0.717) is 39.3 Å². The normalized spacial score (nSPS) is 15.1. The monoisotopic (exact) mass is 448 g/mol. The van der Waals surface area contributed by atoms with Crippen molar-refractivity contribution in [1.29, 1.82) is 0 Å². The quantitative estimate of drug-likeness (QED) is 0.338. The molecule has 156 valence electrons. The van der Waals surface area contributed by atoms with Crippen LogP contribution >= 0.6 is 24.0 Å². The Labute approximate surface area is 189 Å². The summed E-state index contributed by atoms with van der Waals surface area (Å²) in [4.78, 5) is 32.5. The first kappa shape index (κ1) is 21.0. The lowest BCUT2D eigenvalue weighted by atomic mass is 10.1. The summed E-state index contributed by atoms with van der Waals surface area (Å²) in [6, 6.07) is 15.4. The number of aromatic nitrogens is 2. The summed E-state index contributed by atoms with van der Waals surface area (Å²) in [7, 11) is 0. The molecule has 1 aliphatic rings. The molecule has 1 aromatic carbocycles. The number of pyridine rings is 1. The third-order valence-corrected chi connectivity index (χ3v) is 6.16. The summed E-state index contributed by atoms with van der Waals surface area (Å²) in [6.45, 7) is 4.60. The first-order chi connectivity index (χ1) is 15.1. The van der Waals surface area contributed by atoms with Crippen molar-refractivity contribution in [3.05, 3.63) is 93.8 Å². The van der Waals surface area contributed by atoms with E-state index in [2.05, 4.69) is 29.0 Å². The van der Waals surface area contributed by atoms with Crippen molar-refractivity contribution in [1.82, 2.24) is 14.3 Å². The number of rotatable bonds is 7. The molecule has 1 fully saturated rings. The topological polar surface area (TPSA) is 66.7 Å². The fraction of sp³-hybridized carbons (Fsp3) is 0.130. The molecule has 1 amide bonds. The van der Waals surface area contributed by atoms with Gasteiger partial charge in [0, 0.05) is 19.3 Å². The van der Waals surface area contributed by atoms with Crippen LogP contribution in [-0.4, -0.2) is 37.6 Å². The molecule has 3 aromatic rings. The van der Waals surface area contributed by atoms with Crippen molar-refractivity contribution in [2.75, 3.05) is 18.4 Å². The molecule has 4 rings (SSSR count). The van der Waals surface area contributed by atoms with E-state index >= 15 is 0 Å². The largest absolute Gasteiger partial charge is 0.369 e. The summed E-state index contributed by atoms with van der Waals surface area (Å²) >= 11 is 6.49. The van der Waals surface area contributed by atoms with Crippen molar-refractivity contribution < 1.29 is 4.79 Å². The SMILES string of the molecule is C=CCN1C(=O)C(=Cc2c(NCCc3ccccc3)nc3ccccn3c2=O)SC1=S. The Morgan fingerprint density at radius 3 is 2.68 bits per heavy atom. The van der Waals surface area contributed by atoms with E-state index in [-0.39, 0.29) is 11.5 Å². The van der Waals surface area contributed by atoms with Crippen LogP contribution in [0.4, 0.5) is 5.82 Å². The fourth-order valence-electron chi connectivity index (χ4n) is 3.26. The zero-order chi connectivity index (χ0) is 21.8. The summed E-state index contributed by atoms with van der Waals surface area (Å²) in [5.74, 6) is 0.212. The Balaban J connectivity index is 1.71. The van der Waals surface area contributed by atoms with E-state index in [1.165, 1.54) is 26.6 Å². The van der Waals surface area contributed by atoms with Crippen molar-refractivity contribution >= 4 is 51.7 Å². The summed E-state index contributed by atoms with van der Waals surface area (Å²) in [6.07, 6.45) is 5.65. The van der Waals surface area contributed by atoms with E-state index in [1.807, 2.05) is 24.3 Å². The lowest BCUT2D eigenvalue weighted by Gasteiger charge is -2.12. The second kappa shape index (κ2) is 9.28. The number of amides is 1. The number of nitrogens with zero attached hydrogens (tertiary/aromatic N) is 3. The number of nitrogens with one attached hydrogen (secondary N) is 1. The van der Waals surface area contributed by atoms with Crippen molar-refractivity contribution in [2.45, 2.75) is 6.42 Å². The van der Waals surface area contributed by atoms with E-state index < -0.39 is 0 Å². The average Bonchev–Trinajstić information content (AvgIpc) is 3.05. The lowest BCUT2D eigenvalue weighted by molar-refractivity contribution is -0.121. The molecule has 6 nitrogen and oxygen atoms in total. The molecule has 0 saturated carbocycles. The molecule has 2 aromatic heterocycles. The highest BCUT2D eigenvalue weighted by Crippen LogP contribution is 2.32. The second-order valence-electron chi connectivity index (χ2n) is 6.85. The first-order valence-corrected chi connectivity index (χ1v) is 11.0. The van der Waals surface area contributed by atoms with Gasteiger partial charge in [0.25, 0.3) is 11.5 Å². The van der Waals surface area contributed by atoms with Crippen LogP contribution in [0, 0.1) is 0 Å². The maximum atomic E-state index is 13.2. The number of carbonyl (C=O) groups excluding carboxylic acids is 1. The number of thiocarbonyl (C=S) groups is 1. The highest BCUT2D eigenvalue weighted by Gasteiger charge is 2.31. The zero-order valence-corrected chi connectivity index (χ0v) is 18.3. The predicted molar refractivity (Wildman–Crippen MR) is 130 cm³/mol. The van der Waals surface area contributed by atoms with Crippen molar-refractivity contribution in [2.24, 2.45) is 0 Å². The molecule has 31 heavy (non-hydrogen) atoms. The van der Waals surface area contributed by atoms with Gasteiger partial charge in [-0.1, -0.05) is 66.5 Å². The van der Waals surface area contributed by atoms with E-state index in [9.17, 15) is 9.59 Å². The number of thioether (sulfide) groups is 1. The molecule has 0 bridgehead atoms. The fourth-order valence-corrected chi connectivity index (χ4v) is 4.51. The van der Waals surface area contributed by atoms with Gasteiger partial charge >= 0.3 is 0 Å². The minimum absolute atomic E-state index is 0.234. The molecule has 0 aliphatic carbocycles. The van der Waals surface area contributed by atoms with Gasteiger partial charge in [-0.05, 0) is 30.2 Å². The van der Waals surface area contributed by atoms with Gasteiger partial charge in [0.05, 0.1) is 10.5 Å². The summed E-state index contributed by atoms with van der Waals surface area (Å²) in [5.41, 5.74) is 1.79. The van der Waals surface area contributed by atoms with Gasteiger partial charge in [0.1, 0.15) is 15.8 Å². The van der Waals surface area contributed by atoms with E-state index in [0.717, 1.165) is 6.42 Å². The number of hydrogen-bond acceptors (Lipinski definition) is 6. The molecule has 1 N–H and O–H groups in total.